The first-order valence-electron chi connectivity index (χ1n) is 7.49. The third kappa shape index (κ3) is 3.74. The van der Waals surface area contributed by atoms with Gasteiger partial charge >= 0.3 is 5.97 Å². The van der Waals surface area contributed by atoms with Gasteiger partial charge in [-0.2, -0.15) is 5.10 Å². The molecule has 7 heteroatoms. The Kier molecular flexibility index (Phi) is 4.10. The predicted molar refractivity (Wildman–Crippen MR) is 82.3 cm³/mol. The summed E-state index contributed by atoms with van der Waals surface area (Å²) in [7, 11) is 0. The molecule has 0 saturated heterocycles. The topological polar surface area (TPSA) is 86.1 Å². The summed E-state index contributed by atoms with van der Waals surface area (Å²) in [6.07, 6.45) is 3.42. The Balaban J connectivity index is 1.60. The number of rotatable bonds is 5. The van der Waals surface area contributed by atoms with Gasteiger partial charge in [-0.3, -0.25) is 4.79 Å². The van der Waals surface area contributed by atoms with Gasteiger partial charge in [-0.1, -0.05) is 0 Å². The fraction of sp³-hybridized carbons (Fsp3) is 0.375. The number of hydrogen-bond donors (Lipinski definition) is 1. The zero-order chi connectivity index (χ0) is 16.4. The third-order valence-electron chi connectivity index (χ3n) is 3.49. The molecule has 7 nitrogen and oxygen atoms in total. The monoisotopic (exact) mass is 314 g/mol. The Morgan fingerprint density at radius 2 is 2.13 bits per heavy atom. The number of carbonyl (C=O) groups is 2. The number of nitrogens with one attached hydrogen (secondary N) is 1. The number of aryl methyl sites for hydroxylation is 2. The minimum Gasteiger partial charge on any atom is -0.452 e. The number of hydrogen-bond acceptors (Lipinski definition) is 5. The zero-order valence-corrected chi connectivity index (χ0v) is 13.1. The van der Waals surface area contributed by atoms with Crippen LogP contribution in [0.3, 0.4) is 0 Å². The molecule has 2 aromatic rings. The van der Waals surface area contributed by atoms with Crippen molar-refractivity contribution in [1.82, 2.24) is 20.1 Å². The number of amides is 1. The molecule has 0 aromatic carbocycles. The van der Waals surface area contributed by atoms with Gasteiger partial charge in [0.1, 0.15) is 0 Å². The van der Waals surface area contributed by atoms with Crippen LogP contribution < -0.4 is 5.32 Å². The first kappa shape index (κ1) is 15.2. The highest BCUT2D eigenvalue weighted by atomic mass is 16.5. The molecule has 1 aliphatic rings. The number of carbonyl (C=O) groups excluding carboxylic acids is 2. The lowest BCUT2D eigenvalue weighted by molar-refractivity contribution is -0.124. The van der Waals surface area contributed by atoms with Crippen LogP contribution in [0.4, 0.5) is 0 Å². The Bertz CT molecular complexity index is 732. The van der Waals surface area contributed by atoms with E-state index in [9.17, 15) is 9.59 Å². The van der Waals surface area contributed by atoms with Gasteiger partial charge in [-0.15, -0.1) is 0 Å². The van der Waals surface area contributed by atoms with Crippen molar-refractivity contribution < 1.29 is 14.3 Å². The molecule has 0 radical (unpaired) electrons. The lowest BCUT2D eigenvalue weighted by atomic mass is 10.3. The van der Waals surface area contributed by atoms with E-state index in [4.69, 9.17) is 4.74 Å². The molecular formula is C16H18N4O3. The molecule has 0 spiro atoms. The molecule has 23 heavy (non-hydrogen) atoms. The summed E-state index contributed by atoms with van der Waals surface area (Å²) < 4.78 is 6.68. The predicted octanol–water partition coefficient (Wildman–Crippen LogP) is 1.32. The minimum absolute atomic E-state index is 0.253. The summed E-state index contributed by atoms with van der Waals surface area (Å²) in [5.74, 6) is -0.213. The van der Waals surface area contributed by atoms with Gasteiger partial charge in [0.05, 0.1) is 11.3 Å². The van der Waals surface area contributed by atoms with Gasteiger partial charge in [-0.25, -0.2) is 14.5 Å². The molecule has 1 aliphatic carbocycles. The number of ether oxygens (including phenoxy) is 1. The van der Waals surface area contributed by atoms with Crippen molar-refractivity contribution in [2.75, 3.05) is 6.61 Å². The van der Waals surface area contributed by atoms with E-state index in [1.54, 1.807) is 16.8 Å². The average molecular weight is 314 g/mol. The SMILES string of the molecule is Cc1cc(C)n(-c2ccc(C(=O)OCC(=O)NC3CC3)cn2)n1. The van der Waals surface area contributed by atoms with Crippen LogP contribution >= 0.6 is 0 Å². The standard InChI is InChI=1S/C16H18N4O3/c1-10-7-11(2)20(19-10)14-6-3-12(8-17-14)16(22)23-9-15(21)18-13-4-5-13/h3,6-8,13H,4-5,9H2,1-2H3,(H,18,21). The second-order valence-electron chi connectivity index (χ2n) is 5.66. The van der Waals surface area contributed by atoms with Crippen LogP contribution in [-0.4, -0.2) is 39.3 Å². The smallest absolute Gasteiger partial charge is 0.340 e. The van der Waals surface area contributed by atoms with Crippen LogP contribution in [0.15, 0.2) is 24.4 Å². The van der Waals surface area contributed by atoms with Crippen molar-refractivity contribution in [3.63, 3.8) is 0 Å². The van der Waals surface area contributed by atoms with E-state index in [1.807, 2.05) is 19.9 Å². The van der Waals surface area contributed by atoms with Crippen molar-refractivity contribution in [3.8, 4) is 5.82 Å². The lowest BCUT2D eigenvalue weighted by Crippen LogP contribution is -2.30. The maximum atomic E-state index is 11.9. The Labute approximate surface area is 133 Å². The Morgan fingerprint density at radius 3 is 2.70 bits per heavy atom. The van der Waals surface area contributed by atoms with Crippen LogP contribution in [-0.2, 0) is 9.53 Å². The maximum absolute atomic E-state index is 11.9. The van der Waals surface area contributed by atoms with E-state index in [-0.39, 0.29) is 18.6 Å². The Morgan fingerprint density at radius 1 is 1.35 bits per heavy atom. The highest BCUT2D eigenvalue weighted by Gasteiger charge is 2.23. The Hall–Kier alpha value is -2.70. The molecule has 0 aliphatic heterocycles. The van der Waals surface area contributed by atoms with Gasteiger partial charge in [0.25, 0.3) is 5.91 Å². The van der Waals surface area contributed by atoms with Crippen molar-refractivity contribution in [2.24, 2.45) is 0 Å². The highest BCUT2D eigenvalue weighted by Crippen LogP contribution is 2.18. The average Bonchev–Trinajstić information content (AvgIpc) is 3.27. The molecule has 1 N–H and O–H groups in total. The molecule has 1 amide bonds. The zero-order valence-electron chi connectivity index (χ0n) is 13.1. The van der Waals surface area contributed by atoms with Crippen molar-refractivity contribution in [3.05, 3.63) is 41.3 Å². The summed E-state index contributed by atoms with van der Waals surface area (Å²) in [5, 5.41) is 7.09. The quantitative estimate of drug-likeness (QED) is 0.841. The fourth-order valence-corrected chi connectivity index (χ4v) is 2.20. The van der Waals surface area contributed by atoms with E-state index in [0.29, 0.717) is 11.4 Å². The van der Waals surface area contributed by atoms with Gasteiger partial charge in [0.15, 0.2) is 12.4 Å². The highest BCUT2D eigenvalue weighted by molar-refractivity contribution is 5.91. The molecule has 3 rings (SSSR count). The number of nitrogens with zero attached hydrogens (tertiary/aromatic N) is 3. The van der Waals surface area contributed by atoms with Gasteiger partial charge in [0, 0.05) is 17.9 Å². The van der Waals surface area contributed by atoms with Gasteiger partial charge < -0.3 is 10.1 Å². The van der Waals surface area contributed by atoms with E-state index in [0.717, 1.165) is 24.2 Å². The third-order valence-corrected chi connectivity index (χ3v) is 3.49. The molecule has 0 unspecified atom stereocenters. The number of aromatic nitrogens is 3. The summed E-state index contributed by atoms with van der Waals surface area (Å²) in [5.41, 5.74) is 2.16. The molecule has 1 saturated carbocycles. The largest absolute Gasteiger partial charge is 0.452 e. The van der Waals surface area contributed by atoms with Gasteiger partial charge in [-0.05, 0) is 44.9 Å². The van der Waals surface area contributed by atoms with Gasteiger partial charge in [0.2, 0.25) is 0 Å². The van der Waals surface area contributed by atoms with Crippen molar-refractivity contribution in [2.45, 2.75) is 32.7 Å². The van der Waals surface area contributed by atoms with Crippen LogP contribution in [0.1, 0.15) is 34.6 Å². The first-order valence-corrected chi connectivity index (χ1v) is 7.49. The fourth-order valence-electron chi connectivity index (χ4n) is 2.20. The van der Waals surface area contributed by atoms with E-state index >= 15 is 0 Å². The van der Waals surface area contributed by atoms with E-state index in [1.165, 1.54) is 6.20 Å². The van der Waals surface area contributed by atoms with Crippen LogP contribution in [0.2, 0.25) is 0 Å². The second kappa shape index (κ2) is 6.20. The lowest BCUT2D eigenvalue weighted by Gasteiger charge is -2.06. The van der Waals surface area contributed by atoms with Crippen LogP contribution in [0.5, 0.6) is 0 Å². The molecule has 120 valence electrons. The summed E-state index contributed by atoms with van der Waals surface area (Å²) in [6.45, 7) is 3.57. The maximum Gasteiger partial charge on any atom is 0.340 e. The molecule has 0 atom stereocenters. The normalized spacial score (nSPS) is 13.7. The molecule has 1 fully saturated rings. The van der Waals surface area contributed by atoms with Crippen LogP contribution in [0, 0.1) is 13.8 Å². The van der Waals surface area contributed by atoms with E-state index < -0.39 is 5.97 Å². The summed E-state index contributed by atoms with van der Waals surface area (Å²) in [6, 6.07) is 5.51. The summed E-state index contributed by atoms with van der Waals surface area (Å²) >= 11 is 0. The second-order valence-corrected chi connectivity index (χ2v) is 5.66. The van der Waals surface area contributed by atoms with Crippen LogP contribution in [0.25, 0.3) is 5.82 Å². The molecular weight excluding hydrogens is 296 g/mol. The minimum atomic E-state index is -0.566. The van der Waals surface area contributed by atoms with Crippen molar-refractivity contribution >= 4 is 11.9 Å². The van der Waals surface area contributed by atoms with Crippen molar-refractivity contribution in [1.29, 1.82) is 0 Å². The van der Waals surface area contributed by atoms with E-state index in [2.05, 4.69) is 15.4 Å². The number of esters is 1. The molecule has 2 aromatic heterocycles. The number of pyridine rings is 1. The molecule has 2 heterocycles. The summed E-state index contributed by atoms with van der Waals surface area (Å²) in [4.78, 5) is 27.6. The molecule has 0 bridgehead atoms. The first-order chi connectivity index (χ1) is 11.0.